The van der Waals surface area contributed by atoms with Gasteiger partial charge in [-0.3, -0.25) is 0 Å². The van der Waals surface area contributed by atoms with Crippen molar-refractivity contribution >= 4 is 11.8 Å². The van der Waals surface area contributed by atoms with Crippen LogP contribution in [0.4, 0.5) is 4.39 Å². The maximum atomic E-state index is 13.4. The number of halogens is 1. The van der Waals surface area contributed by atoms with E-state index in [4.69, 9.17) is 5.73 Å². The molecule has 0 saturated carbocycles. The maximum Gasteiger partial charge on any atom is 0.123 e. The van der Waals surface area contributed by atoms with Gasteiger partial charge in [-0.05, 0) is 41.7 Å². The van der Waals surface area contributed by atoms with Crippen LogP contribution in [0.5, 0.6) is 0 Å². The molecule has 0 spiro atoms. The molecule has 1 aliphatic rings. The minimum absolute atomic E-state index is 0.0388. The van der Waals surface area contributed by atoms with E-state index in [1.807, 2.05) is 18.7 Å². The predicted molar refractivity (Wildman–Crippen MR) is 68.0 cm³/mol. The molecule has 2 rings (SSSR count). The summed E-state index contributed by atoms with van der Waals surface area (Å²) < 4.78 is 13.4. The number of aryl methyl sites for hydroxylation is 1. The Bertz CT molecular complexity index is 403. The molecule has 1 aromatic carbocycles. The van der Waals surface area contributed by atoms with Crippen molar-refractivity contribution in [2.75, 3.05) is 0 Å². The number of benzene rings is 1. The highest BCUT2D eigenvalue weighted by atomic mass is 32.2. The Morgan fingerprint density at radius 1 is 1.44 bits per heavy atom. The molecule has 3 heteroatoms. The van der Waals surface area contributed by atoms with Crippen LogP contribution in [0, 0.1) is 18.7 Å². The van der Waals surface area contributed by atoms with Crippen LogP contribution in [0.2, 0.25) is 0 Å². The SMILES string of the molecule is Cc1cc(F)cc2c1CSC(C(C)C)C2N. The normalized spacial score (nSPS) is 24.6. The van der Waals surface area contributed by atoms with Crippen molar-refractivity contribution in [2.45, 2.75) is 37.8 Å². The fourth-order valence-electron chi connectivity index (χ4n) is 2.36. The van der Waals surface area contributed by atoms with Crippen LogP contribution < -0.4 is 5.73 Å². The Balaban J connectivity index is 2.44. The van der Waals surface area contributed by atoms with Gasteiger partial charge in [-0.1, -0.05) is 13.8 Å². The second kappa shape index (κ2) is 4.38. The fourth-order valence-corrected chi connectivity index (χ4v) is 3.85. The molecule has 1 nitrogen and oxygen atoms in total. The number of hydrogen-bond acceptors (Lipinski definition) is 2. The summed E-state index contributed by atoms with van der Waals surface area (Å²) in [7, 11) is 0. The highest BCUT2D eigenvalue weighted by Gasteiger charge is 2.30. The van der Waals surface area contributed by atoms with Crippen molar-refractivity contribution in [1.82, 2.24) is 0 Å². The molecule has 2 N–H and O–H groups in total. The van der Waals surface area contributed by atoms with Crippen LogP contribution in [-0.2, 0) is 5.75 Å². The average molecular weight is 239 g/mol. The lowest BCUT2D eigenvalue weighted by atomic mass is 9.91. The van der Waals surface area contributed by atoms with Crippen LogP contribution in [0.1, 0.15) is 36.6 Å². The molecule has 0 aliphatic carbocycles. The van der Waals surface area contributed by atoms with E-state index in [1.54, 1.807) is 12.1 Å². The maximum absolute atomic E-state index is 13.4. The quantitative estimate of drug-likeness (QED) is 0.812. The van der Waals surface area contributed by atoms with Crippen molar-refractivity contribution in [3.8, 4) is 0 Å². The first-order valence-electron chi connectivity index (χ1n) is 5.66. The van der Waals surface area contributed by atoms with Gasteiger partial charge in [0.25, 0.3) is 0 Å². The summed E-state index contributed by atoms with van der Waals surface area (Å²) in [6.45, 7) is 6.31. The van der Waals surface area contributed by atoms with Crippen molar-refractivity contribution in [3.05, 3.63) is 34.6 Å². The van der Waals surface area contributed by atoms with Gasteiger partial charge in [0.05, 0.1) is 0 Å². The molecule has 1 aromatic rings. The van der Waals surface area contributed by atoms with E-state index >= 15 is 0 Å². The Hall–Kier alpha value is -0.540. The zero-order valence-corrected chi connectivity index (χ0v) is 10.8. The fraction of sp³-hybridized carbons (Fsp3) is 0.538. The molecule has 0 fully saturated rings. The van der Waals surface area contributed by atoms with Gasteiger partial charge in [0.2, 0.25) is 0 Å². The van der Waals surface area contributed by atoms with E-state index in [0.717, 1.165) is 16.9 Å². The lowest BCUT2D eigenvalue weighted by Gasteiger charge is -2.34. The number of fused-ring (bicyclic) bond motifs is 1. The molecule has 0 radical (unpaired) electrons. The third-order valence-corrected chi connectivity index (χ3v) is 4.94. The molecule has 2 unspecified atom stereocenters. The standard InChI is InChI=1S/C13H18FNS/c1-7(2)13-12(15)10-5-9(14)4-8(3)11(10)6-16-13/h4-5,7,12-13H,6,15H2,1-3H3. The highest BCUT2D eigenvalue weighted by molar-refractivity contribution is 7.99. The first-order chi connectivity index (χ1) is 7.50. The van der Waals surface area contributed by atoms with Gasteiger partial charge >= 0.3 is 0 Å². The topological polar surface area (TPSA) is 26.0 Å². The summed E-state index contributed by atoms with van der Waals surface area (Å²) >= 11 is 1.89. The van der Waals surface area contributed by atoms with Crippen LogP contribution >= 0.6 is 11.8 Å². The van der Waals surface area contributed by atoms with Gasteiger partial charge in [0, 0.05) is 17.0 Å². The summed E-state index contributed by atoms with van der Waals surface area (Å²) in [5.74, 6) is 1.32. The van der Waals surface area contributed by atoms with E-state index < -0.39 is 0 Å². The Labute approximate surface area is 101 Å². The third-order valence-electron chi connectivity index (χ3n) is 3.26. The molecule has 88 valence electrons. The summed E-state index contributed by atoms with van der Waals surface area (Å²) in [6, 6.07) is 3.17. The minimum atomic E-state index is -0.166. The smallest absolute Gasteiger partial charge is 0.123 e. The number of rotatable bonds is 1. The molecule has 0 bridgehead atoms. The molecule has 1 heterocycles. The third kappa shape index (κ3) is 1.98. The largest absolute Gasteiger partial charge is 0.323 e. The molecular formula is C13H18FNS. The predicted octanol–water partition coefficient (Wildman–Crippen LogP) is 3.41. The lowest BCUT2D eigenvalue weighted by molar-refractivity contribution is 0.516. The molecule has 16 heavy (non-hydrogen) atoms. The Morgan fingerprint density at radius 2 is 2.12 bits per heavy atom. The van der Waals surface area contributed by atoms with Gasteiger partial charge in [0.15, 0.2) is 0 Å². The molecule has 0 saturated heterocycles. The Morgan fingerprint density at radius 3 is 2.75 bits per heavy atom. The second-order valence-corrected chi connectivity index (χ2v) is 6.00. The first kappa shape index (κ1) is 11.9. The van der Waals surface area contributed by atoms with Gasteiger partial charge in [-0.15, -0.1) is 0 Å². The monoisotopic (exact) mass is 239 g/mol. The Kier molecular flexibility index (Phi) is 3.27. The van der Waals surface area contributed by atoms with Gasteiger partial charge in [0.1, 0.15) is 5.82 Å². The van der Waals surface area contributed by atoms with E-state index in [1.165, 1.54) is 5.56 Å². The van der Waals surface area contributed by atoms with Crippen molar-refractivity contribution in [1.29, 1.82) is 0 Å². The van der Waals surface area contributed by atoms with Gasteiger partial charge < -0.3 is 5.73 Å². The molecule has 0 aromatic heterocycles. The van der Waals surface area contributed by atoms with Gasteiger partial charge in [-0.2, -0.15) is 11.8 Å². The molecular weight excluding hydrogens is 221 g/mol. The van der Waals surface area contributed by atoms with Crippen molar-refractivity contribution < 1.29 is 4.39 Å². The van der Waals surface area contributed by atoms with Crippen molar-refractivity contribution in [2.24, 2.45) is 11.7 Å². The minimum Gasteiger partial charge on any atom is -0.323 e. The second-order valence-electron chi connectivity index (χ2n) is 4.84. The number of nitrogens with two attached hydrogens (primary N) is 1. The molecule has 0 amide bonds. The van der Waals surface area contributed by atoms with Crippen LogP contribution in [0.3, 0.4) is 0 Å². The van der Waals surface area contributed by atoms with E-state index in [2.05, 4.69) is 13.8 Å². The van der Waals surface area contributed by atoms with E-state index in [0.29, 0.717) is 11.2 Å². The van der Waals surface area contributed by atoms with Crippen LogP contribution in [-0.4, -0.2) is 5.25 Å². The van der Waals surface area contributed by atoms with E-state index in [-0.39, 0.29) is 11.9 Å². The first-order valence-corrected chi connectivity index (χ1v) is 6.71. The zero-order valence-electron chi connectivity index (χ0n) is 9.96. The van der Waals surface area contributed by atoms with Crippen LogP contribution in [0.25, 0.3) is 0 Å². The number of thioether (sulfide) groups is 1. The van der Waals surface area contributed by atoms with E-state index in [9.17, 15) is 4.39 Å². The van der Waals surface area contributed by atoms with Crippen LogP contribution in [0.15, 0.2) is 12.1 Å². The summed E-state index contributed by atoms with van der Waals surface area (Å²) in [6.07, 6.45) is 0. The zero-order chi connectivity index (χ0) is 11.9. The lowest BCUT2D eigenvalue weighted by Crippen LogP contribution is -2.32. The summed E-state index contributed by atoms with van der Waals surface area (Å²) in [5.41, 5.74) is 9.51. The van der Waals surface area contributed by atoms with Crippen molar-refractivity contribution in [3.63, 3.8) is 0 Å². The summed E-state index contributed by atoms with van der Waals surface area (Å²) in [4.78, 5) is 0. The van der Waals surface area contributed by atoms with Gasteiger partial charge in [-0.25, -0.2) is 4.39 Å². The molecule has 2 atom stereocenters. The summed E-state index contributed by atoms with van der Waals surface area (Å²) in [5, 5.41) is 0.397. The number of hydrogen-bond donors (Lipinski definition) is 1. The highest BCUT2D eigenvalue weighted by Crippen LogP contribution is 2.41. The average Bonchev–Trinajstić information content (AvgIpc) is 2.19. The molecule has 1 aliphatic heterocycles.